The fourth-order valence-electron chi connectivity index (χ4n) is 1.67. The summed E-state index contributed by atoms with van der Waals surface area (Å²) < 4.78 is 26.2. The number of nitrogens with zero attached hydrogens (tertiary/aromatic N) is 1. The van der Waals surface area contributed by atoms with Crippen molar-refractivity contribution >= 4 is 27.0 Å². The van der Waals surface area contributed by atoms with Crippen molar-refractivity contribution in [3.63, 3.8) is 0 Å². The molecule has 0 amide bonds. The number of likely N-dealkylation sites (N-methyl/N-ethyl adjacent to an activating group) is 1. The third-order valence-corrected chi connectivity index (χ3v) is 6.11. The highest BCUT2D eigenvalue weighted by Gasteiger charge is 2.22. The molecule has 0 saturated heterocycles. The summed E-state index contributed by atoms with van der Waals surface area (Å²) >= 11 is 1.15. The molecule has 0 saturated carbocycles. The SMILES string of the molecule is CN(CCc1ccccc1)S(=O)(=O)c1cc(N)cs1. The fraction of sp³-hybridized carbons (Fsp3) is 0.231. The first-order valence-electron chi connectivity index (χ1n) is 5.84. The van der Waals surface area contributed by atoms with Crippen LogP contribution in [0.4, 0.5) is 5.69 Å². The van der Waals surface area contributed by atoms with Gasteiger partial charge in [-0.3, -0.25) is 0 Å². The highest BCUT2D eigenvalue weighted by atomic mass is 32.2. The Hall–Kier alpha value is -1.37. The highest BCUT2D eigenvalue weighted by molar-refractivity contribution is 7.91. The number of nitrogen functional groups attached to an aromatic ring is 1. The standard InChI is InChI=1S/C13H16N2O2S2/c1-15(8-7-11-5-3-2-4-6-11)19(16,17)13-9-12(14)10-18-13/h2-6,9-10H,7-8,14H2,1H3. The molecule has 2 N–H and O–H groups in total. The van der Waals surface area contributed by atoms with Gasteiger partial charge in [0.05, 0.1) is 0 Å². The molecule has 0 radical (unpaired) electrons. The number of hydrogen-bond acceptors (Lipinski definition) is 4. The molecule has 4 nitrogen and oxygen atoms in total. The summed E-state index contributed by atoms with van der Waals surface area (Å²) in [5, 5.41) is 1.64. The van der Waals surface area contributed by atoms with Crippen LogP contribution in [0, 0.1) is 0 Å². The van der Waals surface area contributed by atoms with Crippen LogP contribution in [0.5, 0.6) is 0 Å². The van der Waals surface area contributed by atoms with E-state index >= 15 is 0 Å². The normalized spacial score (nSPS) is 11.9. The predicted molar refractivity (Wildman–Crippen MR) is 78.7 cm³/mol. The molecule has 2 aromatic rings. The molecule has 1 aromatic heterocycles. The smallest absolute Gasteiger partial charge is 0.252 e. The zero-order chi connectivity index (χ0) is 13.9. The Morgan fingerprint density at radius 2 is 1.95 bits per heavy atom. The summed E-state index contributed by atoms with van der Waals surface area (Å²) in [5.41, 5.74) is 7.17. The van der Waals surface area contributed by atoms with Gasteiger partial charge in [-0.2, -0.15) is 4.31 Å². The van der Waals surface area contributed by atoms with Crippen molar-refractivity contribution in [2.75, 3.05) is 19.3 Å². The van der Waals surface area contributed by atoms with E-state index in [4.69, 9.17) is 5.73 Å². The van der Waals surface area contributed by atoms with Gasteiger partial charge in [-0.1, -0.05) is 30.3 Å². The molecule has 1 heterocycles. The van der Waals surface area contributed by atoms with Gasteiger partial charge >= 0.3 is 0 Å². The van der Waals surface area contributed by atoms with Crippen LogP contribution in [0.2, 0.25) is 0 Å². The minimum absolute atomic E-state index is 0.292. The minimum Gasteiger partial charge on any atom is -0.398 e. The Morgan fingerprint density at radius 1 is 1.26 bits per heavy atom. The van der Waals surface area contributed by atoms with E-state index in [2.05, 4.69) is 0 Å². The van der Waals surface area contributed by atoms with Crippen LogP contribution in [-0.4, -0.2) is 26.3 Å². The van der Waals surface area contributed by atoms with E-state index in [1.807, 2.05) is 30.3 Å². The molecule has 0 spiro atoms. The summed E-state index contributed by atoms with van der Waals surface area (Å²) in [6, 6.07) is 11.3. The summed E-state index contributed by atoms with van der Waals surface area (Å²) in [7, 11) is -1.82. The second-order valence-corrected chi connectivity index (χ2v) is 7.44. The molecular formula is C13H16N2O2S2. The van der Waals surface area contributed by atoms with E-state index in [0.717, 1.165) is 16.9 Å². The molecule has 0 fully saturated rings. The van der Waals surface area contributed by atoms with Gasteiger partial charge < -0.3 is 5.73 Å². The zero-order valence-electron chi connectivity index (χ0n) is 10.6. The number of sulfonamides is 1. The number of anilines is 1. The largest absolute Gasteiger partial charge is 0.398 e. The Balaban J connectivity index is 2.05. The van der Waals surface area contributed by atoms with E-state index in [9.17, 15) is 8.42 Å². The number of benzene rings is 1. The third kappa shape index (κ3) is 3.34. The number of rotatable bonds is 5. The zero-order valence-corrected chi connectivity index (χ0v) is 12.2. The maximum absolute atomic E-state index is 12.2. The van der Waals surface area contributed by atoms with Gasteiger partial charge in [0.25, 0.3) is 10.0 Å². The van der Waals surface area contributed by atoms with Gasteiger partial charge in [0.15, 0.2) is 0 Å². The minimum atomic E-state index is -3.42. The van der Waals surface area contributed by atoms with Crippen molar-refractivity contribution in [3.05, 3.63) is 47.3 Å². The summed E-state index contributed by atoms with van der Waals surface area (Å²) in [5.74, 6) is 0. The van der Waals surface area contributed by atoms with Crippen molar-refractivity contribution in [2.24, 2.45) is 0 Å². The van der Waals surface area contributed by atoms with Crippen molar-refractivity contribution in [2.45, 2.75) is 10.6 Å². The second kappa shape index (κ2) is 5.73. The summed E-state index contributed by atoms with van der Waals surface area (Å²) in [6.45, 7) is 0.449. The van der Waals surface area contributed by atoms with Crippen molar-refractivity contribution in [3.8, 4) is 0 Å². The molecule has 0 atom stereocenters. The van der Waals surface area contributed by atoms with Crippen molar-refractivity contribution < 1.29 is 8.42 Å². The molecule has 6 heteroatoms. The average Bonchev–Trinajstić information content (AvgIpc) is 2.84. The van der Waals surface area contributed by atoms with Gasteiger partial charge in [-0.25, -0.2) is 8.42 Å². The van der Waals surface area contributed by atoms with Crippen LogP contribution in [0.3, 0.4) is 0 Å². The molecule has 0 bridgehead atoms. The lowest BCUT2D eigenvalue weighted by atomic mass is 10.2. The van der Waals surface area contributed by atoms with Crippen LogP contribution in [0.25, 0.3) is 0 Å². The first kappa shape index (κ1) is 14.0. The van der Waals surface area contributed by atoms with Crippen LogP contribution in [0.1, 0.15) is 5.56 Å². The van der Waals surface area contributed by atoms with Crippen molar-refractivity contribution in [1.82, 2.24) is 4.31 Å². The van der Waals surface area contributed by atoms with E-state index in [1.54, 1.807) is 12.4 Å². The first-order valence-corrected chi connectivity index (χ1v) is 8.16. The van der Waals surface area contributed by atoms with Gasteiger partial charge in [0.2, 0.25) is 0 Å². The fourth-order valence-corrected chi connectivity index (χ4v) is 4.13. The molecule has 102 valence electrons. The van der Waals surface area contributed by atoms with E-state index < -0.39 is 10.0 Å². The molecule has 2 rings (SSSR count). The molecule has 0 unspecified atom stereocenters. The summed E-state index contributed by atoms with van der Waals surface area (Å²) in [6.07, 6.45) is 0.692. The molecular weight excluding hydrogens is 280 g/mol. The Morgan fingerprint density at radius 3 is 2.53 bits per heavy atom. The second-order valence-electron chi connectivity index (χ2n) is 4.26. The molecule has 1 aromatic carbocycles. The Bertz CT molecular complexity index is 636. The highest BCUT2D eigenvalue weighted by Crippen LogP contribution is 2.24. The number of thiophene rings is 1. The van der Waals surface area contributed by atoms with Crippen LogP contribution < -0.4 is 5.73 Å². The predicted octanol–water partition coefficient (Wildman–Crippen LogP) is 2.19. The van der Waals surface area contributed by atoms with Crippen LogP contribution >= 0.6 is 11.3 Å². The maximum Gasteiger partial charge on any atom is 0.252 e. The Labute approximate surface area is 117 Å². The molecule has 0 aliphatic heterocycles. The number of nitrogens with two attached hydrogens (primary N) is 1. The van der Waals surface area contributed by atoms with Gasteiger partial charge in [-0.05, 0) is 18.1 Å². The Kier molecular flexibility index (Phi) is 4.24. The van der Waals surface area contributed by atoms with Crippen molar-refractivity contribution in [1.29, 1.82) is 0 Å². The molecule has 0 aliphatic carbocycles. The van der Waals surface area contributed by atoms with E-state index in [0.29, 0.717) is 22.9 Å². The monoisotopic (exact) mass is 296 g/mol. The number of hydrogen-bond donors (Lipinski definition) is 1. The molecule has 19 heavy (non-hydrogen) atoms. The quantitative estimate of drug-likeness (QED) is 0.920. The lowest BCUT2D eigenvalue weighted by Gasteiger charge is -2.15. The summed E-state index contributed by atoms with van der Waals surface area (Å²) in [4.78, 5) is 0. The third-order valence-electron chi connectivity index (χ3n) is 2.82. The van der Waals surface area contributed by atoms with E-state index in [1.165, 1.54) is 10.4 Å². The van der Waals surface area contributed by atoms with Crippen LogP contribution in [0.15, 0.2) is 46.0 Å². The lowest BCUT2D eigenvalue weighted by molar-refractivity contribution is 0.474. The van der Waals surface area contributed by atoms with Gasteiger partial charge in [-0.15, -0.1) is 11.3 Å². The topological polar surface area (TPSA) is 63.4 Å². The van der Waals surface area contributed by atoms with Gasteiger partial charge in [0.1, 0.15) is 4.21 Å². The maximum atomic E-state index is 12.2. The first-order chi connectivity index (χ1) is 9.00. The average molecular weight is 296 g/mol. The van der Waals surface area contributed by atoms with Gasteiger partial charge in [0, 0.05) is 24.7 Å². The lowest BCUT2D eigenvalue weighted by Crippen LogP contribution is -2.28. The molecule has 0 aliphatic rings. The van der Waals surface area contributed by atoms with E-state index in [-0.39, 0.29) is 0 Å². The van der Waals surface area contributed by atoms with Crippen LogP contribution in [-0.2, 0) is 16.4 Å².